The number of methoxy groups -OCH3 is 1. The summed E-state index contributed by atoms with van der Waals surface area (Å²) in [5, 5.41) is 15.0. The van der Waals surface area contributed by atoms with Crippen molar-refractivity contribution in [2.75, 3.05) is 7.11 Å². The second-order valence-corrected chi connectivity index (χ2v) is 7.67. The molecule has 0 saturated carbocycles. The highest BCUT2D eigenvalue weighted by atomic mass is 16.5. The van der Waals surface area contributed by atoms with Gasteiger partial charge in [0, 0.05) is 47.0 Å². The van der Waals surface area contributed by atoms with Crippen molar-refractivity contribution in [3.63, 3.8) is 0 Å². The number of aromatic amines is 2. The van der Waals surface area contributed by atoms with E-state index in [0.29, 0.717) is 0 Å². The minimum Gasteiger partial charge on any atom is -0.494 e. The van der Waals surface area contributed by atoms with Crippen molar-refractivity contribution in [1.82, 2.24) is 9.97 Å². The molecule has 0 bridgehead atoms. The van der Waals surface area contributed by atoms with E-state index in [4.69, 9.17) is 4.74 Å². The summed E-state index contributed by atoms with van der Waals surface area (Å²) < 4.78 is 5.53. The van der Waals surface area contributed by atoms with Gasteiger partial charge in [-0.2, -0.15) is 0 Å². The quantitative estimate of drug-likeness (QED) is 0.362. The number of rotatable bonds is 2. The van der Waals surface area contributed by atoms with Crippen molar-refractivity contribution in [2.24, 2.45) is 0 Å². The second kappa shape index (κ2) is 5.40. The Morgan fingerprint density at radius 2 is 1.93 bits per heavy atom. The lowest BCUT2D eigenvalue weighted by atomic mass is 9.95. The Hall–Kier alpha value is -3.24. The third kappa shape index (κ3) is 1.88. The van der Waals surface area contributed by atoms with Crippen molar-refractivity contribution in [3.05, 3.63) is 65.4 Å². The van der Waals surface area contributed by atoms with Gasteiger partial charge in [0.1, 0.15) is 0 Å². The predicted octanol–water partition coefficient (Wildman–Crippen LogP) is 5.79. The Labute approximate surface area is 161 Å². The smallest absolute Gasteiger partial charge is 0.197 e. The van der Waals surface area contributed by atoms with Crippen LogP contribution in [0.2, 0.25) is 0 Å². The lowest BCUT2D eigenvalue weighted by Crippen LogP contribution is -1.94. The van der Waals surface area contributed by atoms with Crippen LogP contribution >= 0.6 is 0 Å². The Morgan fingerprint density at radius 3 is 2.79 bits per heavy atom. The van der Waals surface area contributed by atoms with Gasteiger partial charge in [0.25, 0.3) is 0 Å². The number of ether oxygens (including phenoxy) is 1. The number of hydrogen-bond donors (Lipinski definition) is 3. The van der Waals surface area contributed by atoms with E-state index in [9.17, 15) is 5.11 Å². The first-order valence-corrected chi connectivity index (χ1v) is 9.58. The van der Waals surface area contributed by atoms with Gasteiger partial charge in [-0.25, -0.2) is 0 Å². The van der Waals surface area contributed by atoms with Crippen LogP contribution in [-0.4, -0.2) is 22.2 Å². The van der Waals surface area contributed by atoms with Crippen molar-refractivity contribution >= 4 is 32.6 Å². The minimum absolute atomic E-state index is 0.0307. The first kappa shape index (κ1) is 15.8. The maximum atomic E-state index is 10.7. The summed E-state index contributed by atoms with van der Waals surface area (Å²) in [6.07, 6.45) is 2.83. The van der Waals surface area contributed by atoms with E-state index in [2.05, 4.69) is 59.4 Å². The Bertz CT molecular complexity index is 1410. The molecule has 0 spiro atoms. The summed E-state index contributed by atoms with van der Waals surface area (Å²) >= 11 is 0. The third-order valence-electron chi connectivity index (χ3n) is 6.28. The molecule has 0 aliphatic heterocycles. The van der Waals surface area contributed by atoms with Gasteiger partial charge in [0.05, 0.1) is 17.0 Å². The molecule has 0 saturated heterocycles. The monoisotopic (exact) mass is 368 g/mol. The van der Waals surface area contributed by atoms with Crippen molar-refractivity contribution in [2.45, 2.75) is 19.4 Å². The third-order valence-corrected chi connectivity index (χ3v) is 6.28. The fourth-order valence-corrected chi connectivity index (χ4v) is 4.83. The van der Waals surface area contributed by atoms with Crippen LogP contribution in [0.25, 0.3) is 43.7 Å². The number of aromatic hydroxyl groups is 1. The Balaban J connectivity index is 1.80. The van der Waals surface area contributed by atoms with Crippen LogP contribution in [0.4, 0.5) is 0 Å². The molecule has 6 rings (SSSR count). The molecule has 0 amide bonds. The first-order valence-electron chi connectivity index (χ1n) is 9.58. The van der Waals surface area contributed by atoms with Crippen LogP contribution in [0, 0.1) is 0 Å². The maximum absolute atomic E-state index is 10.7. The number of aromatic nitrogens is 2. The van der Waals surface area contributed by atoms with Crippen molar-refractivity contribution in [3.8, 4) is 17.0 Å². The van der Waals surface area contributed by atoms with E-state index in [1.54, 1.807) is 7.11 Å². The topological polar surface area (TPSA) is 61.0 Å². The van der Waals surface area contributed by atoms with E-state index < -0.39 is 0 Å². The van der Waals surface area contributed by atoms with Crippen LogP contribution in [0.3, 0.4) is 0 Å². The van der Waals surface area contributed by atoms with Crippen LogP contribution in [-0.2, 0) is 11.2 Å². The van der Waals surface area contributed by atoms with E-state index in [1.807, 2.05) is 6.20 Å². The molecule has 28 heavy (non-hydrogen) atoms. The average molecular weight is 368 g/mol. The van der Waals surface area contributed by atoms with Gasteiger partial charge in [0.2, 0.25) is 0 Å². The number of benzene rings is 3. The summed E-state index contributed by atoms with van der Waals surface area (Å²) in [7, 11) is 1.73. The predicted molar refractivity (Wildman–Crippen MR) is 113 cm³/mol. The number of fused-ring (bicyclic) bond motifs is 10. The van der Waals surface area contributed by atoms with Gasteiger partial charge in [-0.3, -0.25) is 0 Å². The molecule has 1 atom stereocenters. The summed E-state index contributed by atoms with van der Waals surface area (Å²) in [6.45, 7) is 2.06. The van der Waals surface area contributed by atoms with Gasteiger partial charge in [-0.1, -0.05) is 30.3 Å². The molecule has 5 aromatic rings. The van der Waals surface area contributed by atoms with Gasteiger partial charge < -0.3 is 19.8 Å². The fraction of sp³-hybridized carbons (Fsp3) is 0.167. The molecule has 138 valence electrons. The minimum atomic E-state index is 0.0307. The zero-order valence-electron chi connectivity index (χ0n) is 15.8. The molecule has 1 aliphatic rings. The average Bonchev–Trinajstić information content (AvgIpc) is 3.39. The van der Waals surface area contributed by atoms with Gasteiger partial charge in [-0.15, -0.1) is 0 Å². The van der Waals surface area contributed by atoms with Gasteiger partial charge in [-0.05, 0) is 41.3 Å². The van der Waals surface area contributed by atoms with Crippen LogP contribution in [0.1, 0.15) is 29.7 Å². The van der Waals surface area contributed by atoms with E-state index >= 15 is 0 Å². The summed E-state index contributed by atoms with van der Waals surface area (Å²) in [5.74, 6) is 0.237. The molecule has 2 aromatic heterocycles. The van der Waals surface area contributed by atoms with Crippen LogP contribution in [0.15, 0.2) is 48.7 Å². The van der Waals surface area contributed by atoms with E-state index in [0.717, 1.165) is 39.4 Å². The SMILES string of the molecule is COC(C)c1ccc2[nH]c3c4c(c5c(O)[nH]cc5c3c2c1)-c1ccccc1C4. The standard InChI is InChI=1S/C24H20N2O2/c1-12(28-2)13-7-8-19-16(9-13)21-18-11-25-24(27)22(18)20-15-6-4-3-5-14(15)10-17(20)23(21)26-19/h3-9,11-12,25-27H,10H2,1-2H3. The number of H-pyrrole nitrogens is 2. The Morgan fingerprint density at radius 1 is 1.07 bits per heavy atom. The lowest BCUT2D eigenvalue weighted by molar-refractivity contribution is 0.119. The van der Waals surface area contributed by atoms with Crippen LogP contribution in [0.5, 0.6) is 5.88 Å². The molecule has 2 heterocycles. The normalized spacial score (nSPS) is 14.1. The summed E-state index contributed by atoms with van der Waals surface area (Å²) in [4.78, 5) is 6.71. The Kier molecular flexibility index (Phi) is 3.04. The fourth-order valence-electron chi connectivity index (χ4n) is 4.83. The highest BCUT2D eigenvalue weighted by Gasteiger charge is 2.28. The maximum Gasteiger partial charge on any atom is 0.197 e. The largest absolute Gasteiger partial charge is 0.494 e. The molecule has 4 heteroatoms. The summed E-state index contributed by atoms with van der Waals surface area (Å²) in [5.41, 5.74) is 8.34. The lowest BCUT2D eigenvalue weighted by Gasteiger charge is -2.10. The molecule has 3 aromatic carbocycles. The van der Waals surface area contributed by atoms with Gasteiger partial charge in [0.15, 0.2) is 5.88 Å². The molecule has 0 fully saturated rings. The van der Waals surface area contributed by atoms with Crippen LogP contribution < -0.4 is 0 Å². The highest BCUT2D eigenvalue weighted by molar-refractivity contribution is 6.26. The van der Waals surface area contributed by atoms with E-state index in [1.165, 1.54) is 27.5 Å². The van der Waals surface area contributed by atoms with Crippen molar-refractivity contribution in [1.29, 1.82) is 0 Å². The number of nitrogens with one attached hydrogen (secondary N) is 2. The van der Waals surface area contributed by atoms with E-state index in [-0.39, 0.29) is 12.0 Å². The number of hydrogen-bond acceptors (Lipinski definition) is 2. The summed E-state index contributed by atoms with van der Waals surface area (Å²) in [6, 6.07) is 14.9. The first-order chi connectivity index (χ1) is 13.7. The van der Waals surface area contributed by atoms with Crippen molar-refractivity contribution < 1.29 is 9.84 Å². The zero-order chi connectivity index (χ0) is 19.0. The second-order valence-electron chi connectivity index (χ2n) is 7.67. The molecule has 1 aliphatic carbocycles. The molecule has 1 unspecified atom stereocenters. The molecular formula is C24H20N2O2. The molecule has 0 radical (unpaired) electrons. The molecule has 3 N–H and O–H groups in total. The zero-order valence-corrected chi connectivity index (χ0v) is 15.8. The molecular weight excluding hydrogens is 348 g/mol. The molecule has 4 nitrogen and oxygen atoms in total. The highest BCUT2D eigenvalue weighted by Crippen LogP contribution is 2.49. The van der Waals surface area contributed by atoms with Gasteiger partial charge >= 0.3 is 0 Å².